The highest BCUT2D eigenvalue weighted by Crippen LogP contribution is 2.17. The molecule has 1 rings (SSSR count). The average molecular weight is 245 g/mol. The minimum Gasteiger partial charge on any atom is -0.378 e. The Bertz CT molecular complexity index is 164. The van der Waals surface area contributed by atoms with E-state index in [0.29, 0.717) is 12.1 Å². The van der Waals surface area contributed by atoms with Gasteiger partial charge in [-0.3, -0.25) is 0 Å². The Balaban J connectivity index is 2.02. The molecule has 0 aromatic rings. The summed E-state index contributed by atoms with van der Waals surface area (Å²) < 4.78 is 5.75. The molecule has 2 atom stereocenters. The minimum atomic E-state index is 0.516. The van der Waals surface area contributed by atoms with Crippen LogP contribution in [-0.2, 0) is 4.74 Å². The lowest BCUT2D eigenvalue weighted by Crippen LogP contribution is -2.39. The van der Waals surface area contributed by atoms with Gasteiger partial charge >= 0.3 is 0 Å². The summed E-state index contributed by atoms with van der Waals surface area (Å²) in [5, 5.41) is 3.68. The summed E-state index contributed by atoms with van der Waals surface area (Å²) in [6, 6.07) is 0.708. The maximum Gasteiger partial charge on any atom is 0.0589 e. The molecule has 1 heterocycles. The normalized spacial score (nSPS) is 25.9. The van der Waals surface area contributed by atoms with Crippen LogP contribution in [0.5, 0.6) is 0 Å². The van der Waals surface area contributed by atoms with Crippen LogP contribution < -0.4 is 5.32 Å². The van der Waals surface area contributed by atoms with Gasteiger partial charge in [0.15, 0.2) is 0 Å². The van der Waals surface area contributed by atoms with E-state index < -0.39 is 0 Å². The highest BCUT2D eigenvalue weighted by Gasteiger charge is 2.20. The number of rotatable bonds is 8. The summed E-state index contributed by atoms with van der Waals surface area (Å²) in [5.74, 6) is 1.30. The second kappa shape index (κ2) is 9.32. The van der Waals surface area contributed by atoms with Crippen molar-refractivity contribution in [1.82, 2.24) is 5.32 Å². The number of thioether (sulfide) groups is 1. The molecule has 2 nitrogen and oxygen atoms in total. The zero-order valence-corrected chi connectivity index (χ0v) is 11.7. The second-order valence-electron chi connectivity index (χ2n) is 4.66. The Kier molecular flexibility index (Phi) is 8.34. The van der Waals surface area contributed by atoms with Crippen molar-refractivity contribution in [2.45, 2.75) is 57.6 Å². The summed E-state index contributed by atoms with van der Waals surface area (Å²) in [6.45, 7) is 4.38. The number of unbranched alkanes of at least 4 members (excludes halogenated alkanes) is 1. The van der Waals surface area contributed by atoms with E-state index in [1.165, 1.54) is 50.8 Å². The van der Waals surface area contributed by atoms with Crippen molar-refractivity contribution in [3.05, 3.63) is 0 Å². The van der Waals surface area contributed by atoms with Crippen molar-refractivity contribution in [1.29, 1.82) is 0 Å². The highest BCUT2D eigenvalue weighted by molar-refractivity contribution is 7.98. The van der Waals surface area contributed by atoms with Gasteiger partial charge in [0, 0.05) is 12.6 Å². The first-order chi connectivity index (χ1) is 7.86. The van der Waals surface area contributed by atoms with Gasteiger partial charge in [-0.2, -0.15) is 11.8 Å². The summed E-state index contributed by atoms with van der Waals surface area (Å²) in [6.07, 6.45) is 10.2. The molecule has 0 bridgehead atoms. The van der Waals surface area contributed by atoms with E-state index in [4.69, 9.17) is 4.74 Å². The van der Waals surface area contributed by atoms with Gasteiger partial charge < -0.3 is 10.1 Å². The average Bonchev–Trinajstić information content (AvgIpc) is 2.30. The summed E-state index contributed by atoms with van der Waals surface area (Å²) in [4.78, 5) is 0. The predicted molar refractivity (Wildman–Crippen MR) is 73.3 cm³/mol. The molecule has 1 aliphatic rings. The quantitative estimate of drug-likeness (QED) is 0.664. The molecule has 0 aromatic carbocycles. The first-order valence-electron chi connectivity index (χ1n) is 6.70. The van der Waals surface area contributed by atoms with Crippen molar-refractivity contribution < 1.29 is 4.74 Å². The Morgan fingerprint density at radius 3 is 3.00 bits per heavy atom. The standard InChI is InChI=1S/C13H27NOS/c1-3-6-13-11-12(7-9-15-13)14-8-4-5-10-16-2/h12-14H,3-11H2,1-2H3. The molecule has 0 aliphatic carbocycles. The fourth-order valence-corrected chi connectivity index (χ4v) is 2.76. The maximum absolute atomic E-state index is 5.75. The van der Waals surface area contributed by atoms with E-state index in [2.05, 4.69) is 18.5 Å². The van der Waals surface area contributed by atoms with Crippen LogP contribution in [0.3, 0.4) is 0 Å². The van der Waals surface area contributed by atoms with Gasteiger partial charge in [-0.05, 0) is 50.7 Å². The second-order valence-corrected chi connectivity index (χ2v) is 5.64. The van der Waals surface area contributed by atoms with Crippen LogP contribution in [0.1, 0.15) is 45.4 Å². The largest absolute Gasteiger partial charge is 0.378 e. The lowest BCUT2D eigenvalue weighted by Gasteiger charge is -2.30. The monoisotopic (exact) mass is 245 g/mol. The lowest BCUT2D eigenvalue weighted by atomic mass is 10.00. The zero-order valence-electron chi connectivity index (χ0n) is 10.8. The number of hydrogen-bond donors (Lipinski definition) is 1. The molecule has 0 aromatic heterocycles. The first-order valence-corrected chi connectivity index (χ1v) is 8.10. The van der Waals surface area contributed by atoms with Gasteiger partial charge in [0.2, 0.25) is 0 Å². The zero-order chi connectivity index (χ0) is 11.6. The number of hydrogen-bond acceptors (Lipinski definition) is 3. The Hall–Kier alpha value is 0.270. The molecule has 96 valence electrons. The maximum atomic E-state index is 5.75. The van der Waals surface area contributed by atoms with Crippen LogP contribution in [0.2, 0.25) is 0 Å². The molecular weight excluding hydrogens is 218 g/mol. The van der Waals surface area contributed by atoms with Gasteiger partial charge in [0.1, 0.15) is 0 Å². The third-order valence-corrected chi connectivity index (χ3v) is 3.88. The molecule has 2 unspecified atom stereocenters. The molecule has 1 aliphatic heterocycles. The van der Waals surface area contributed by atoms with E-state index in [1.54, 1.807) is 0 Å². The summed E-state index contributed by atoms with van der Waals surface area (Å²) in [5.41, 5.74) is 0. The molecule has 1 fully saturated rings. The van der Waals surface area contributed by atoms with Gasteiger partial charge in [-0.25, -0.2) is 0 Å². The van der Waals surface area contributed by atoms with Crippen LogP contribution >= 0.6 is 11.8 Å². The van der Waals surface area contributed by atoms with Crippen LogP contribution in [0.25, 0.3) is 0 Å². The lowest BCUT2D eigenvalue weighted by molar-refractivity contribution is -0.00309. The van der Waals surface area contributed by atoms with Crippen molar-refractivity contribution in [2.75, 3.05) is 25.2 Å². The van der Waals surface area contributed by atoms with E-state index >= 15 is 0 Å². The SMILES string of the molecule is CCCC1CC(NCCCCSC)CCO1. The predicted octanol–water partition coefficient (Wildman–Crippen LogP) is 3.07. The molecule has 16 heavy (non-hydrogen) atoms. The first kappa shape index (κ1) is 14.3. The van der Waals surface area contributed by atoms with Crippen LogP contribution in [0.15, 0.2) is 0 Å². The van der Waals surface area contributed by atoms with Gasteiger partial charge in [-0.1, -0.05) is 13.3 Å². The van der Waals surface area contributed by atoms with Crippen molar-refractivity contribution in [2.24, 2.45) is 0 Å². The van der Waals surface area contributed by atoms with Gasteiger partial charge in [-0.15, -0.1) is 0 Å². The van der Waals surface area contributed by atoms with Gasteiger partial charge in [0.25, 0.3) is 0 Å². The van der Waals surface area contributed by atoms with Gasteiger partial charge in [0.05, 0.1) is 6.10 Å². The van der Waals surface area contributed by atoms with E-state index in [9.17, 15) is 0 Å². The van der Waals surface area contributed by atoms with Crippen LogP contribution in [0.4, 0.5) is 0 Å². The Morgan fingerprint density at radius 2 is 2.25 bits per heavy atom. The minimum absolute atomic E-state index is 0.516. The summed E-state index contributed by atoms with van der Waals surface area (Å²) >= 11 is 1.95. The van der Waals surface area contributed by atoms with Crippen LogP contribution in [0, 0.1) is 0 Å². The van der Waals surface area contributed by atoms with Crippen molar-refractivity contribution in [3.63, 3.8) is 0 Å². The third-order valence-electron chi connectivity index (χ3n) is 3.19. The molecule has 0 radical (unpaired) electrons. The van der Waals surface area contributed by atoms with E-state index in [1.807, 2.05) is 11.8 Å². The fraction of sp³-hybridized carbons (Fsp3) is 1.00. The number of nitrogens with one attached hydrogen (secondary N) is 1. The topological polar surface area (TPSA) is 21.3 Å². The molecule has 0 amide bonds. The fourth-order valence-electron chi connectivity index (χ4n) is 2.27. The number of ether oxygens (including phenoxy) is 1. The Morgan fingerprint density at radius 1 is 1.38 bits per heavy atom. The molecule has 1 N–H and O–H groups in total. The molecule has 1 saturated heterocycles. The molecule has 3 heteroatoms. The van der Waals surface area contributed by atoms with Crippen LogP contribution in [-0.4, -0.2) is 37.3 Å². The molecule has 0 spiro atoms. The molecular formula is C13H27NOS. The third kappa shape index (κ3) is 6.12. The smallest absolute Gasteiger partial charge is 0.0589 e. The van der Waals surface area contributed by atoms with E-state index in [0.717, 1.165) is 6.61 Å². The highest BCUT2D eigenvalue weighted by atomic mass is 32.2. The van der Waals surface area contributed by atoms with Crippen molar-refractivity contribution in [3.8, 4) is 0 Å². The Labute approximate surface area is 105 Å². The molecule has 0 saturated carbocycles. The van der Waals surface area contributed by atoms with Crippen molar-refractivity contribution >= 4 is 11.8 Å². The summed E-state index contributed by atoms with van der Waals surface area (Å²) in [7, 11) is 0. The van der Waals surface area contributed by atoms with E-state index in [-0.39, 0.29) is 0 Å².